The topological polar surface area (TPSA) is 64.1 Å². The number of methoxy groups -OCH3 is 1. The predicted octanol–water partition coefficient (Wildman–Crippen LogP) is 2.97. The van der Waals surface area contributed by atoms with Crippen molar-refractivity contribution in [2.45, 2.75) is 6.54 Å². The third-order valence-electron chi connectivity index (χ3n) is 3.57. The summed E-state index contributed by atoms with van der Waals surface area (Å²) in [6.07, 6.45) is 6.64. The van der Waals surface area contributed by atoms with Crippen molar-refractivity contribution in [1.82, 2.24) is 15.3 Å². The quantitative estimate of drug-likeness (QED) is 0.734. The van der Waals surface area contributed by atoms with Gasteiger partial charge < -0.3 is 10.1 Å². The van der Waals surface area contributed by atoms with E-state index in [1.165, 1.54) is 6.08 Å². The van der Waals surface area contributed by atoms with Gasteiger partial charge in [-0.2, -0.15) is 0 Å². The van der Waals surface area contributed by atoms with Crippen LogP contribution < -0.4 is 10.1 Å². The summed E-state index contributed by atoms with van der Waals surface area (Å²) in [5.74, 6) is 0.372. The van der Waals surface area contributed by atoms with Crippen LogP contribution in [0.15, 0.2) is 60.9 Å². The standard InChI is InChI=1S/C19H17N3O2/c1-24-19-12-15(16-4-2-3-5-17(16)22-19)13-21-18(23)7-6-14-8-10-20-11-9-14/h2-12H,13H2,1H3,(H,21,23)/b7-6+. The number of fused-ring (bicyclic) bond motifs is 1. The minimum atomic E-state index is -0.160. The second-order valence-electron chi connectivity index (χ2n) is 5.17. The highest BCUT2D eigenvalue weighted by atomic mass is 16.5. The Labute approximate surface area is 140 Å². The number of hydrogen-bond acceptors (Lipinski definition) is 4. The fraction of sp³-hybridized carbons (Fsp3) is 0.105. The molecule has 0 aliphatic heterocycles. The molecular weight excluding hydrogens is 302 g/mol. The summed E-state index contributed by atoms with van der Waals surface area (Å²) < 4.78 is 5.23. The van der Waals surface area contributed by atoms with Gasteiger partial charge >= 0.3 is 0 Å². The Morgan fingerprint density at radius 1 is 1.21 bits per heavy atom. The Kier molecular flexibility index (Phi) is 4.81. The summed E-state index contributed by atoms with van der Waals surface area (Å²) in [7, 11) is 1.58. The lowest BCUT2D eigenvalue weighted by Crippen LogP contribution is -2.20. The highest BCUT2D eigenvalue weighted by Crippen LogP contribution is 2.21. The summed E-state index contributed by atoms with van der Waals surface area (Å²) in [4.78, 5) is 20.4. The van der Waals surface area contributed by atoms with Crippen LogP contribution in [0, 0.1) is 0 Å². The van der Waals surface area contributed by atoms with Crippen molar-refractivity contribution in [3.63, 3.8) is 0 Å². The second-order valence-corrected chi connectivity index (χ2v) is 5.17. The van der Waals surface area contributed by atoms with Crippen molar-refractivity contribution in [3.05, 3.63) is 72.1 Å². The molecule has 24 heavy (non-hydrogen) atoms. The van der Waals surface area contributed by atoms with Gasteiger partial charge in [-0.05, 0) is 35.4 Å². The average molecular weight is 319 g/mol. The molecule has 0 bridgehead atoms. The van der Waals surface area contributed by atoms with Crippen LogP contribution in [0.25, 0.3) is 17.0 Å². The van der Waals surface area contributed by atoms with Crippen LogP contribution in [0.1, 0.15) is 11.1 Å². The Balaban J connectivity index is 1.73. The van der Waals surface area contributed by atoms with Crippen molar-refractivity contribution < 1.29 is 9.53 Å². The molecule has 0 aliphatic rings. The lowest BCUT2D eigenvalue weighted by molar-refractivity contribution is -0.116. The number of nitrogens with zero attached hydrogens (tertiary/aromatic N) is 2. The zero-order valence-electron chi connectivity index (χ0n) is 13.3. The highest BCUT2D eigenvalue weighted by Gasteiger charge is 2.06. The van der Waals surface area contributed by atoms with Gasteiger partial charge in [0.2, 0.25) is 11.8 Å². The number of para-hydroxylation sites is 1. The Morgan fingerprint density at radius 3 is 2.79 bits per heavy atom. The lowest BCUT2D eigenvalue weighted by atomic mass is 10.1. The van der Waals surface area contributed by atoms with Crippen LogP contribution in [-0.2, 0) is 11.3 Å². The summed E-state index contributed by atoms with van der Waals surface area (Å²) in [5, 5.41) is 3.88. The molecule has 1 N–H and O–H groups in total. The molecular formula is C19H17N3O2. The van der Waals surface area contributed by atoms with E-state index in [-0.39, 0.29) is 5.91 Å². The zero-order valence-corrected chi connectivity index (χ0v) is 13.3. The Bertz CT molecular complexity index is 876. The number of amides is 1. The highest BCUT2D eigenvalue weighted by molar-refractivity contribution is 5.92. The average Bonchev–Trinajstić information content (AvgIpc) is 2.65. The van der Waals surface area contributed by atoms with Gasteiger partial charge in [0.15, 0.2) is 0 Å². The number of hydrogen-bond donors (Lipinski definition) is 1. The molecule has 120 valence electrons. The van der Waals surface area contributed by atoms with E-state index in [2.05, 4.69) is 15.3 Å². The number of carbonyl (C=O) groups excluding carboxylic acids is 1. The van der Waals surface area contributed by atoms with Crippen LogP contribution in [0.2, 0.25) is 0 Å². The van der Waals surface area contributed by atoms with E-state index in [9.17, 15) is 4.79 Å². The van der Waals surface area contributed by atoms with Gasteiger partial charge in [0.25, 0.3) is 0 Å². The number of aromatic nitrogens is 2. The molecule has 0 saturated heterocycles. The molecule has 5 heteroatoms. The molecule has 2 heterocycles. The van der Waals surface area contributed by atoms with Crippen LogP contribution in [0.3, 0.4) is 0 Å². The molecule has 0 spiro atoms. The molecule has 0 unspecified atom stereocenters. The summed E-state index contributed by atoms with van der Waals surface area (Å²) >= 11 is 0. The van der Waals surface area contributed by atoms with Crippen LogP contribution in [0.5, 0.6) is 5.88 Å². The van der Waals surface area contributed by atoms with E-state index in [4.69, 9.17) is 4.74 Å². The molecule has 1 amide bonds. The summed E-state index contributed by atoms with van der Waals surface area (Å²) in [6.45, 7) is 0.402. The first-order valence-corrected chi connectivity index (χ1v) is 7.55. The van der Waals surface area contributed by atoms with E-state index < -0.39 is 0 Å². The van der Waals surface area contributed by atoms with Gasteiger partial charge in [-0.1, -0.05) is 18.2 Å². The predicted molar refractivity (Wildman–Crippen MR) is 93.4 cm³/mol. The molecule has 0 aliphatic carbocycles. The van der Waals surface area contributed by atoms with Gasteiger partial charge in [0.1, 0.15) is 0 Å². The SMILES string of the molecule is COc1cc(CNC(=O)/C=C/c2ccncc2)c2ccccc2n1. The summed E-state index contributed by atoms with van der Waals surface area (Å²) in [6, 6.07) is 13.3. The molecule has 0 atom stereocenters. The maximum atomic E-state index is 12.0. The number of ether oxygens (including phenoxy) is 1. The van der Waals surface area contributed by atoms with Gasteiger partial charge in [-0.25, -0.2) is 4.98 Å². The minimum absolute atomic E-state index is 0.160. The number of nitrogens with one attached hydrogen (secondary N) is 1. The molecule has 1 aromatic carbocycles. The van der Waals surface area contributed by atoms with E-state index in [1.807, 2.05) is 42.5 Å². The van der Waals surface area contributed by atoms with Gasteiger partial charge in [0, 0.05) is 36.5 Å². The van der Waals surface area contributed by atoms with Gasteiger partial charge in [0.05, 0.1) is 12.6 Å². The fourth-order valence-corrected chi connectivity index (χ4v) is 2.36. The van der Waals surface area contributed by atoms with Crippen molar-refractivity contribution >= 4 is 22.9 Å². The normalized spacial score (nSPS) is 10.9. The molecule has 2 aromatic heterocycles. The Hall–Kier alpha value is -3.21. The first-order chi connectivity index (χ1) is 11.8. The zero-order chi connectivity index (χ0) is 16.8. The third kappa shape index (κ3) is 3.76. The van der Waals surface area contributed by atoms with Crippen molar-refractivity contribution in [3.8, 4) is 5.88 Å². The fourth-order valence-electron chi connectivity index (χ4n) is 2.36. The maximum Gasteiger partial charge on any atom is 0.244 e. The van der Waals surface area contributed by atoms with Gasteiger partial charge in [-0.3, -0.25) is 9.78 Å². The Morgan fingerprint density at radius 2 is 2.00 bits per heavy atom. The number of rotatable bonds is 5. The largest absolute Gasteiger partial charge is 0.481 e. The number of benzene rings is 1. The smallest absolute Gasteiger partial charge is 0.244 e. The van der Waals surface area contributed by atoms with Crippen molar-refractivity contribution in [1.29, 1.82) is 0 Å². The molecule has 0 saturated carbocycles. The molecule has 3 aromatic rings. The summed E-state index contributed by atoms with van der Waals surface area (Å²) in [5.41, 5.74) is 2.73. The first kappa shape index (κ1) is 15.7. The van der Waals surface area contributed by atoms with Crippen LogP contribution in [0.4, 0.5) is 0 Å². The monoisotopic (exact) mass is 319 g/mol. The van der Waals surface area contributed by atoms with E-state index in [1.54, 1.807) is 25.6 Å². The maximum absolute atomic E-state index is 12.0. The molecule has 5 nitrogen and oxygen atoms in total. The molecule has 0 radical (unpaired) electrons. The number of carbonyl (C=O) groups is 1. The number of pyridine rings is 2. The van der Waals surface area contributed by atoms with Crippen molar-refractivity contribution in [2.75, 3.05) is 7.11 Å². The first-order valence-electron chi connectivity index (χ1n) is 7.55. The molecule has 3 rings (SSSR count). The van der Waals surface area contributed by atoms with Crippen molar-refractivity contribution in [2.24, 2.45) is 0 Å². The van der Waals surface area contributed by atoms with Gasteiger partial charge in [-0.15, -0.1) is 0 Å². The second kappa shape index (κ2) is 7.37. The molecule has 0 fully saturated rings. The minimum Gasteiger partial charge on any atom is -0.481 e. The van der Waals surface area contributed by atoms with E-state index in [0.717, 1.165) is 22.0 Å². The van der Waals surface area contributed by atoms with E-state index in [0.29, 0.717) is 12.4 Å². The van der Waals surface area contributed by atoms with Crippen LogP contribution in [-0.4, -0.2) is 23.0 Å². The lowest BCUT2D eigenvalue weighted by Gasteiger charge is -2.09. The van der Waals surface area contributed by atoms with E-state index >= 15 is 0 Å². The third-order valence-corrected chi connectivity index (χ3v) is 3.57. The van der Waals surface area contributed by atoms with Crippen LogP contribution >= 0.6 is 0 Å².